The van der Waals surface area contributed by atoms with Crippen LogP contribution in [0.25, 0.3) is 0 Å². The molecule has 0 aromatic carbocycles. The van der Waals surface area contributed by atoms with Crippen molar-refractivity contribution in [3.63, 3.8) is 0 Å². The van der Waals surface area contributed by atoms with Crippen molar-refractivity contribution in [3.05, 3.63) is 0 Å². The molecule has 0 bridgehead atoms. The maximum atomic E-state index is 11.4. The Labute approximate surface area is 57.4 Å². The third-order valence-electron chi connectivity index (χ3n) is 0.717. The molecule has 0 aromatic rings. The van der Waals surface area contributed by atoms with Crippen molar-refractivity contribution in [3.8, 4) is 0 Å². The Morgan fingerprint density at radius 1 is 1.78 bits per heavy atom. The lowest BCUT2D eigenvalue weighted by Crippen LogP contribution is -2.12. The molecule has 0 heterocycles. The first-order chi connectivity index (χ1) is 3.98. The molecule has 0 fully saturated rings. The van der Waals surface area contributed by atoms with E-state index in [1.165, 1.54) is 6.92 Å². The molecule has 0 rings (SSSR count). The van der Waals surface area contributed by atoms with Gasteiger partial charge in [-0.25, -0.2) is 4.39 Å². The van der Waals surface area contributed by atoms with E-state index in [-0.39, 0.29) is 0 Å². The van der Waals surface area contributed by atoms with Gasteiger partial charge in [0, 0.05) is 0 Å². The van der Waals surface area contributed by atoms with E-state index in [4.69, 9.17) is 4.55 Å². The number of hydrogen-bond donors (Lipinski definition) is 1. The molecule has 0 aliphatic rings. The average molecular weight is 174 g/mol. The second-order valence-electron chi connectivity index (χ2n) is 1.36. The van der Waals surface area contributed by atoms with E-state index in [2.05, 4.69) is 0 Å². The van der Waals surface area contributed by atoms with Gasteiger partial charge in [0.1, 0.15) is 10.6 Å². The lowest BCUT2D eigenvalue weighted by Gasteiger charge is -2.01. The second-order valence-corrected chi connectivity index (χ2v) is 4.65. The summed E-state index contributed by atoms with van der Waals surface area (Å²) in [5, 5.41) is 0. The Morgan fingerprint density at radius 3 is 2.33 bits per heavy atom. The molecule has 0 saturated heterocycles. The number of rotatable bonds is 3. The summed E-state index contributed by atoms with van der Waals surface area (Å²) in [6, 6.07) is -0.805. The molecule has 3 nitrogen and oxygen atoms in total. The van der Waals surface area contributed by atoms with Crippen LogP contribution in [0.3, 0.4) is 0 Å². The van der Waals surface area contributed by atoms with E-state index in [1.54, 1.807) is 0 Å². The fourth-order valence-electron chi connectivity index (χ4n) is 0.175. The van der Waals surface area contributed by atoms with Crippen molar-refractivity contribution >= 4 is 21.9 Å². The van der Waals surface area contributed by atoms with Gasteiger partial charge in [-0.2, -0.15) is 8.42 Å². The summed E-state index contributed by atoms with van der Waals surface area (Å²) in [5.74, 6) is 0. The van der Waals surface area contributed by atoms with Crippen LogP contribution in [0.2, 0.25) is 0 Å². The van der Waals surface area contributed by atoms with Gasteiger partial charge in [0.2, 0.25) is 0 Å². The number of thioether (sulfide) groups is 1. The zero-order valence-corrected chi connectivity index (χ0v) is 6.38. The third kappa shape index (κ3) is 3.72. The summed E-state index contributed by atoms with van der Waals surface area (Å²) in [5.41, 5.74) is 0. The van der Waals surface area contributed by atoms with Gasteiger partial charge in [-0.1, -0.05) is 0 Å². The molecule has 1 N–H and O–H groups in total. The summed E-state index contributed by atoms with van der Waals surface area (Å²) >= 11 is 0.534. The number of hydrogen-bond acceptors (Lipinski definition) is 3. The molecule has 0 saturated carbocycles. The fourth-order valence-corrected chi connectivity index (χ4v) is 1.19. The van der Waals surface area contributed by atoms with E-state index in [0.29, 0.717) is 11.8 Å². The molecule has 0 aliphatic heterocycles. The molecular weight excluding hydrogens is 167 g/mol. The predicted molar refractivity (Wildman–Crippen MR) is 34.6 cm³/mol. The normalized spacial score (nSPS) is 15.4. The highest BCUT2D eigenvalue weighted by Gasteiger charge is 2.16. The lowest BCUT2D eigenvalue weighted by atomic mass is 11.0. The first-order valence-corrected chi connectivity index (χ1v) is 4.67. The van der Waals surface area contributed by atoms with E-state index in [1.807, 2.05) is 0 Å². The van der Waals surface area contributed by atoms with Gasteiger partial charge in [-0.3, -0.25) is 4.55 Å². The molecule has 0 radical (unpaired) electrons. The minimum Gasteiger partial charge on any atom is -0.285 e. The summed E-state index contributed by atoms with van der Waals surface area (Å²) in [7, 11) is -4.04. The summed E-state index contributed by atoms with van der Waals surface area (Å²) in [6.45, 7) is 1.22. The molecule has 1 unspecified atom stereocenters. The van der Waals surface area contributed by atoms with E-state index in [9.17, 15) is 12.8 Å². The zero-order valence-electron chi connectivity index (χ0n) is 4.74. The lowest BCUT2D eigenvalue weighted by molar-refractivity contribution is 0.481. The average Bonchev–Trinajstić information content (AvgIpc) is 1.64. The predicted octanol–water partition coefficient (Wildman–Crippen LogP) is 0.880. The third-order valence-corrected chi connectivity index (χ3v) is 3.29. The standard InChI is InChI=1S/C3H7FO3S2/c1-3(8-2-4)9(5,6)7/h3H,2H2,1H3,(H,5,6,7). The Kier molecular flexibility index (Phi) is 3.45. The maximum Gasteiger partial charge on any atom is 0.277 e. The van der Waals surface area contributed by atoms with Crippen LogP contribution in [-0.4, -0.2) is 23.6 Å². The molecular formula is C3H7FO3S2. The van der Waals surface area contributed by atoms with Gasteiger partial charge >= 0.3 is 0 Å². The van der Waals surface area contributed by atoms with Crippen molar-refractivity contribution in [1.82, 2.24) is 0 Å². The largest absolute Gasteiger partial charge is 0.285 e. The first kappa shape index (κ1) is 9.19. The Morgan fingerprint density at radius 2 is 2.22 bits per heavy atom. The smallest absolute Gasteiger partial charge is 0.277 e. The maximum absolute atomic E-state index is 11.4. The highest BCUT2D eigenvalue weighted by Crippen LogP contribution is 2.14. The Bertz CT molecular complexity index is 164. The topological polar surface area (TPSA) is 54.4 Å². The van der Waals surface area contributed by atoms with Gasteiger partial charge in [-0.15, -0.1) is 11.8 Å². The highest BCUT2D eigenvalue weighted by atomic mass is 32.3. The molecule has 56 valence electrons. The van der Waals surface area contributed by atoms with Gasteiger partial charge in [0.05, 0.1) is 0 Å². The van der Waals surface area contributed by atoms with Gasteiger partial charge in [0.15, 0.2) is 0 Å². The van der Waals surface area contributed by atoms with Crippen molar-refractivity contribution in [2.75, 3.05) is 6.01 Å². The van der Waals surface area contributed by atoms with Crippen LogP contribution in [-0.2, 0) is 10.1 Å². The Hall–Kier alpha value is 0.190. The molecule has 1 atom stereocenters. The van der Waals surface area contributed by atoms with E-state index < -0.39 is 20.7 Å². The van der Waals surface area contributed by atoms with Crippen molar-refractivity contribution in [2.24, 2.45) is 0 Å². The second kappa shape index (κ2) is 3.38. The monoisotopic (exact) mass is 174 g/mol. The number of alkyl halides is 1. The minimum atomic E-state index is -4.04. The quantitative estimate of drug-likeness (QED) is 0.645. The van der Waals surface area contributed by atoms with Crippen LogP contribution in [0, 0.1) is 0 Å². The van der Waals surface area contributed by atoms with E-state index in [0.717, 1.165) is 0 Å². The van der Waals surface area contributed by atoms with Crippen LogP contribution in [0.1, 0.15) is 6.92 Å². The van der Waals surface area contributed by atoms with Gasteiger partial charge in [0.25, 0.3) is 10.1 Å². The molecule has 6 heteroatoms. The summed E-state index contributed by atoms with van der Waals surface area (Å²) < 4.78 is 38.7. The SMILES string of the molecule is CC(SCF)S(=O)(=O)O. The van der Waals surface area contributed by atoms with Crippen LogP contribution in [0.4, 0.5) is 4.39 Å². The molecule has 9 heavy (non-hydrogen) atoms. The zero-order chi connectivity index (χ0) is 7.49. The van der Waals surface area contributed by atoms with Gasteiger partial charge in [-0.05, 0) is 6.92 Å². The van der Waals surface area contributed by atoms with Gasteiger partial charge < -0.3 is 0 Å². The summed E-state index contributed by atoms with van der Waals surface area (Å²) in [6.07, 6.45) is 0. The summed E-state index contributed by atoms with van der Waals surface area (Å²) in [4.78, 5) is 0. The van der Waals surface area contributed by atoms with Crippen molar-refractivity contribution < 1.29 is 17.4 Å². The van der Waals surface area contributed by atoms with Crippen LogP contribution in [0.15, 0.2) is 0 Å². The van der Waals surface area contributed by atoms with Crippen LogP contribution >= 0.6 is 11.8 Å². The molecule has 0 amide bonds. The van der Waals surface area contributed by atoms with Crippen LogP contribution in [0.5, 0.6) is 0 Å². The van der Waals surface area contributed by atoms with Crippen molar-refractivity contribution in [1.29, 1.82) is 0 Å². The van der Waals surface area contributed by atoms with Crippen LogP contribution < -0.4 is 0 Å². The highest BCUT2D eigenvalue weighted by molar-refractivity contribution is 8.11. The molecule has 0 spiro atoms. The molecule has 0 aromatic heterocycles. The number of halogens is 1. The molecule has 0 aliphatic carbocycles. The van der Waals surface area contributed by atoms with E-state index >= 15 is 0 Å². The fraction of sp³-hybridized carbons (Fsp3) is 1.00. The first-order valence-electron chi connectivity index (χ1n) is 2.12. The minimum absolute atomic E-state index is 0.534. The van der Waals surface area contributed by atoms with Crippen molar-refractivity contribution in [2.45, 2.75) is 11.5 Å². The Balaban J connectivity index is 3.90.